The van der Waals surface area contributed by atoms with Crippen LogP contribution in [0, 0.1) is 5.41 Å². The van der Waals surface area contributed by atoms with Gasteiger partial charge in [0, 0.05) is 36.0 Å². The van der Waals surface area contributed by atoms with Crippen molar-refractivity contribution in [1.82, 2.24) is 4.90 Å². The van der Waals surface area contributed by atoms with Crippen LogP contribution in [0.1, 0.15) is 32.6 Å². The summed E-state index contributed by atoms with van der Waals surface area (Å²) in [6.45, 7) is 5.03. The van der Waals surface area contributed by atoms with E-state index in [0.29, 0.717) is 5.41 Å². The molecule has 2 fully saturated rings. The molecule has 0 aromatic heterocycles. The second kappa shape index (κ2) is 5.42. The number of hydrogen-bond acceptors (Lipinski definition) is 2. The summed E-state index contributed by atoms with van der Waals surface area (Å²) in [6.07, 6.45) is 5.77. The van der Waals surface area contributed by atoms with Crippen molar-refractivity contribution in [3.05, 3.63) is 0 Å². The minimum atomic E-state index is 0.607. The molecule has 15 heavy (non-hydrogen) atoms. The molecule has 3 heteroatoms. The lowest BCUT2D eigenvalue weighted by molar-refractivity contribution is 0.146. The highest BCUT2D eigenvalue weighted by atomic mass is 79.9. The van der Waals surface area contributed by atoms with Gasteiger partial charge in [-0.1, -0.05) is 28.8 Å². The van der Waals surface area contributed by atoms with Crippen molar-refractivity contribution >= 4 is 27.7 Å². The molecule has 0 N–H and O–H groups in total. The van der Waals surface area contributed by atoms with Crippen molar-refractivity contribution in [2.45, 2.75) is 38.6 Å². The van der Waals surface area contributed by atoms with Crippen LogP contribution in [0.5, 0.6) is 0 Å². The number of hydrogen-bond donors (Lipinski definition) is 0. The third-order valence-electron chi connectivity index (χ3n) is 3.99. The fourth-order valence-electron chi connectivity index (χ4n) is 2.89. The normalized spacial score (nSPS) is 32.0. The van der Waals surface area contributed by atoms with Crippen LogP contribution in [-0.4, -0.2) is 40.9 Å². The standard InChI is InChI=1S/C12H22BrNS/c1-11-8-15-7-6-14(11)10-12(9-13)4-2-3-5-12/h11H,2-10H2,1H3. The zero-order valence-corrected chi connectivity index (χ0v) is 12.1. The highest BCUT2D eigenvalue weighted by Crippen LogP contribution is 2.41. The Bertz CT molecular complexity index is 204. The molecule has 1 saturated heterocycles. The summed E-state index contributed by atoms with van der Waals surface area (Å²) >= 11 is 5.87. The fraction of sp³-hybridized carbons (Fsp3) is 1.00. The van der Waals surface area contributed by atoms with E-state index in [1.807, 2.05) is 0 Å². The lowest BCUT2D eigenvalue weighted by Crippen LogP contribution is -2.46. The van der Waals surface area contributed by atoms with Gasteiger partial charge in [0.1, 0.15) is 0 Å². The second-order valence-electron chi connectivity index (χ2n) is 5.24. The molecule has 1 aliphatic carbocycles. The van der Waals surface area contributed by atoms with E-state index in [1.165, 1.54) is 55.6 Å². The maximum absolute atomic E-state index is 3.75. The molecule has 1 heterocycles. The number of halogens is 1. The summed E-state index contributed by atoms with van der Waals surface area (Å²) in [5.74, 6) is 2.67. The molecule has 1 atom stereocenters. The van der Waals surface area contributed by atoms with Crippen molar-refractivity contribution in [1.29, 1.82) is 0 Å². The number of nitrogens with zero attached hydrogens (tertiary/aromatic N) is 1. The maximum Gasteiger partial charge on any atom is 0.0158 e. The van der Waals surface area contributed by atoms with Crippen LogP contribution < -0.4 is 0 Å². The Hall–Kier alpha value is 0.790. The van der Waals surface area contributed by atoms with Crippen molar-refractivity contribution in [3.8, 4) is 0 Å². The van der Waals surface area contributed by atoms with Crippen LogP contribution in [0.3, 0.4) is 0 Å². The molecule has 0 radical (unpaired) electrons. The van der Waals surface area contributed by atoms with E-state index in [2.05, 4.69) is 39.5 Å². The van der Waals surface area contributed by atoms with E-state index in [0.717, 1.165) is 6.04 Å². The van der Waals surface area contributed by atoms with E-state index < -0.39 is 0 Å². The third-order valence-corrected chi connectivity index (χ3v) is 6.37. The Balaban J connectivity index is 1.93. The van der Waals surface area contributed by atoms with Gasteiger partial charge in [-0.15, -0.1) is 0 Å². The van der Waals surface area contributed by atoms with Crippen molar-refractivity contribution in [3.63, 3.8) is 0 Å². The Morgan fingerprint density at radius 1 is 1.40 bits per heavy atom. The maximum atomic E-state index is 3.75. The van der Waals surface area contributed by atoms with Gasteiger partial charge in [-0.3, -0.25) is 4.90 Å². The lowest BCUT2D eigenvalue weighted by atomic mass is 9.87. The van der Waals surface area contributed by atoms with Crippen LogP contribution in [0.2, 0.25) is 0 Å². The SMILES string of the molecule is CC1CSCCN1CC1(CBr)CCCC1. The molecular formula is C12H22BrNS. The van der Waals surface area contributed by atoms with Gasteiger partial charge in [-0.25, -0.2) is 0 Å². The molecule has 1 saturated carbocycles. The van der Waals surface area contributed by atoms with Gasteiger partial charge in [0.2, 0.25) is 0 Å². The molecular weight excluding hydrogens is 270 g/mol. The van der Waals surface area contributed by atoms with Crippen LogP contribution in [0.25, 0.3) is 0 Å². The number of thioether (sulfide) groups is 1. The summed E-state index contributed by atoms with van der Waals surface area (Å²) in [6, 6.07) is 0.792. The summed E-state index contributed by atoms with van der Waals surface area (Å²) in [5, 5.41) is 1.20. The zero-order valence-electron chi connectivity index (χ0n) is 9.67. The lowest BCUT2D eigenvalue weighted by Gasteiger charge is -2.39. The van der Waals surface area contributed by atoms with Gasteiger partial charge < -0.3 is 0 Å². The first-order chi connectivity index (χ1) is 7.26. The van der Waals surface area contributed by atoms with Gasteiger partial charge >= 0.3 is 0 Å². The average Bonchev–Trinajstić information content (AvgIpc) is 2.71. The summed E-state index contributed by atoms with van der Waals surface area (Å²) in [5.41, 5.74) is 0.607. The van der Waals surface area contributed by atoms with E-state index in [-0.39, 0.29) is 0 Å². The quantitative estimate of drug-likeness (QED) is 0.734. The van der Waals surface area contributed by atoms with Gasteiger partial charge in [0.15, 0.2) is 0 Å². The van der Waals surface area contributed by atoms with Crippen LogP contribution in [0.15, 0.2) is 0 Å². The topological polar surface area (TPSA) is 3.24 Å². The molecule has 1 nitrogen and oxygen atoms in total. The second-order valence-corrected chi connectivity index (χ2v) is 6.95. The molecule has 1 unspecified atom stereocenters. The van der Waals surface area contributed by atoms with Gasteiger partial charge in [-0.05, 0) is 25.2 Å². The minimum absolute atomic E-state index is 0.607. The molecule has 1 aliphatic heterocycles. The summed E-state index contributed by atoms with van der Waals surface area (Å²) in [4.78, 5) is 2.73. The van der Waals surface area contributed by atoms with Crippen molar-refractivity contribution in [2.24, 2.45) is 5.41 Å². The molecule has 0 bridgehead atoms. The predicted octanol–water partition coefficient (Wildman–Crippen LogP) is 3.38. The van der Waals surface area contributed by atoms with Gasteiger partial charge in [0.25, 0.3) is 0 Å². The van der Waals surface area contributed by atoms with Crippen LogP contribution in [0.4, 0.5) is 0 Å². The summed E-state index contributed by atoms with van der Waals surface area (Å²) in [7, 11) is 0. The van der Waals surface area contributed by atoms with E-state index in [9.17, 15) is 0 Å². The highest BCUT2D eigenvalue weighted by molar-refractivity contribution is 9.09. The number of rotatable bonds is 3. The first kappa shape index (κ1) is 12.3. The molecule has 0 aromatic carbocycles. The molecule has 88 valence electrons. The Labute approximate surface area is 106 Å². The minimum Gasteiger partial charge on any atom is -0.298 e. The Kier molecular flexibility index (Phi) is 4.42. The largest absolute Gasteiger partial charge is 0.298 e. The van der Waals surface area contributed by atoms with Crippen molar-refractivity contribution < 1.29 is 0 Å². The van der Waals surface area contributed by atoms with E-state index in [4.69, 9.17) is 0 Å². The smallest absolute Gasteiger partial charge is 0.0158 e. The van der Waals surface area contributed by atoms with Gasteiger partial charge in [0.05, 0.1) is 0 Å². The Morgan fingerprint density at radius 3 is 2.73 bits per heavy atom. The molecule has 2 aliphatic rings. The van der Waals surface area contributed by atoms with Gasteiger partial charge in [-0.2, -0.15) is 11.8 Å². The molecule has 0 amide bonds. The summed E-state index contributed by atoms with van der Waals surface area (Å²) < 4.78 is 0. The predicted molar refractivity (Wildman–Crippen MR) is 73.1 cm³/mol. The number of alkyl halides is 1. The van der Waals surface area contributed by atoms with Crippen LogP contribution >= 0.6 is 27.7 Å². The zero-order chi connectivity index (χ0) is 10.7. The Morgan fingerprint density at radius 2 is 2.13 bits per heavy atom. The molecule has 2 rings (SSSR count). The third kappa shape index (κ3) is 2.92. The average molecular weight is 292 g/mol. The first-order valence-electron chi connectivity index (χ1n) is 6.14. The van der Waals surface area contributed by atoms with Crippen molar-refractivity contribution in [2.75, 3.05) is 29.9 Å². The van der Waals surface area contributed by atoms with E-state index >= 15 is 0 Å². The van der Waals surface area contributed by atoms with Crippen LogP contribution in [-0.2, 0) is 0 Å². The monoisotopic (exact) mass is 291 g/mol. The molecule has 0 spiro atoms. The first-order valence-corrected chi connectivity index (χ1v) is 8.41. The van der Waals surface area contributed by atoms with E-state index in [1.54, 1.807) is 0 Å². The highest BCUT2D eigenvalue weighted by Gasteiger charge is 2.36. The fourth-order valence-corrected chi connectivity index (χ4v) is 4.71. The molecule has 0 aromatic rings.